The fourth-order valence-corrected chi connectivity index (χ4v) is 7.17. The summed E-state index contributed by atoms with van der Waals surface area (Å²) in [5, 5.41) is 0. The lowest BCUT2D eigenvalue weighted by Crippen LogP contribution is -2.54. The van der Waals surface area contributed by atoms with Crippen molar-refractivity contribution in [3.05, 3.63) is 23.5 Å². The summed E-state index contributed by atoms with van der Waals surface area (Å²) in [6.45, 7) is 8.64. The molecule has 4 aliphatic rings. The molecule has 0 saturated heterocycles. The molecule has 2 saturated carbocycles. The molecule has 3 nitrogen and oxygen atoms in total. The normalized spacial score (nSPS) is 47.0. The molecule has 6 atom stereocenters. The second-order valence-corrected chi connectivity index (χ2v) is 9.82. The SMILES string of the molecule is COC1=CC2=CC[C@@H]3[C@H](CC[C@@]4(C)[C@H]3CC[C@]4(C)OC(C)=O)[C@@]2(C)CC1. The highest BCUT2D eigenvalue weighted by Crippen LogP contribution is 2.67. The van der Waals surface area contributed by atoms with Gasteiger partial charge in [0.2, 0.25) is 0 Å². The van der Waals surface area contributed by atoms with E-state index in [0.29, 0.717) is 5.92 Å². The van der Waals surface area contributed by atoms with E-state index in [0.717, 1.165) is 30.4 Å². The number of hydrogen-bond acceptors (Lipinski definition) is 3. The van der Waals surface area contributed by atoms with Crippen LogP contribution in [0, 0.1) is 28.6 Å². The minimum Gasteiger partial charge on any atom is -0.501 e. The Balaban J connectivity index is 1.66. The van der Waals surface area contributed by atoms with E-state index in [9.17, 15) is 4.79 Å². The van der Waals surface area contributed by atoms with E-state index in [1.54, 1.807) is 14.0 Å². The zero-order valence-electron chi connectivity index (χ0n) is 17.1. The van der Waals surface area contributed by atoms with Crippen LogP contribution < -0.4 is 0 Å². The third kappa shape index (κ3) is 2.34. The molecule has 3 heteroatoms. The van der Waals surface area contributed by atoms with Crippen molar-refractivity contribution in [2.45, 2.75) is 78.2 Å². The maximum Gasteiger partial charge on any atom is 0.303 e. The second kappa shape index (κ2) is 5.87. The lowest BCUT2D eigenvalue weighted by Gasteiger charge is -2.58. The molecule has 0 heterocycles. The maximum absolute atomic E-state index is 11.8. The van der Waals surface area contributed by atoms with Crippen LogP contribution in [0.1, 0.15) is 72.6 Å². The monoisotopic (exact) mass is 358 g/mol. The molecule has 0 bridgehead atoms. The van der Waals surface area contributed by atoms with E-state index >= 15 is 0 Å². The molecule has 0 aromatic carbocycles. The number of rotatable bonds is 2. The maximum atomic E-state index is 11.8. The summed E-state index contributed by atoms with van der Waals surface area (Å²) in [5.41, 5.74) is 1.61. The smallest absolute Gasteiger partial charge is 0.303 e. The van der Waals surface area contributed by atoms with Crippen molar-refractivity contribution in [2.75, 3.05) is 7.11 Å². The summed E-state index contributed by atoms with van der Waals surface area (Å²) < 4.78 is 11.5. The number of fused-ring (bicyclic) bond motifs is 5. The highest BCUT2D eigenvalue weighted by molar-refractivity contribution is 5.66. The van der Waals surface area contributed by atoms with Gasteiger partial charge in [0.1, 0.15) is 5.60 Å². The first kappa shape index (κ1) is 18.1. The summed E-state index contributed by atoms with van der Waals surface area (Å²) in [4.78, 5) is 11.8. The van der Waals surface area contributed by atoms with Crippen LogP contribution in [0.5, 0.6) is 0 Å². The van der Waals surface area contributed by atoms with Crippen LogP contribution in [0.15, 0.2) is 23.5 Å². The number of hydrogen-bond donors (Lipinski definition) is 0. The van der Waals surface area contributed by atoms with Crippen LogP contribution in [-0.4, -0.2) is 18.7 Å². The molecule has 144 valence electrons. The fraction of sp³-hybridized carbons (Fsp3) is 0.783. The fourth-order valence-electron chi connectivity index (χ4n) is 7.17. The quantitative estimate of drug-likeness (QED) is 0.619. The third-order valence-electron chi connectivity index (χ3n) is 8.89. The van der Waals surface area contributed by atoms with E-state index in [4.69, 9.17) is 9.47 Å². The first-order valence-electron chi connectivity index (χ1n) is 10.4. The molecule has 0 aromatic heterocycles. The number of carbonyl (C=O) groups is 1. The van der Waals surface area contributed by atoms with Crippen molar-refractivity contribution in [3.8, 4) is 0 Å². The summed E-state index contributed by atoms with van der Waals surface area (Å²) in [5.74, 6) is 3.13. The Bertz CT molecular complexity index is 677. The van der Waals surface area contributed by atoms with Gasteiger partial charge in [-0.15, -0.1) is 0 Å². The van der Waals surface area contributed by atoms with Gasteiger partial charge in [0.25, 0.3) is 0 Å². The van der Waals surface area contributed by atoms with Gasteiger partial charge in [-0.3, -0.25) is 4.79 Å². The van der Waals surface area contributed by atoms with Gasteiger partial charge in [0.05, 0.1) is 12.9 Å². The average Bonchev–Trinajstić information content (AvgIpc) is 2.84. The molecule has 4 rings (SSSR count). The van der Waals surface area contributed by atoms with Crippen LogP contribution in [0.25, 0.3) is 0 Å². The molecule has 0 N–H and O–H groups in total. The van der Waals surface area contributed by atoms with Crippen molar-refractivity contribution in [3.63, 3.8) is 0 Å². The van der Waals surface area contributed by atoms with E-state index in [1.165, 1.54) is 37.7 Å². The van der Waals surface area contributed by atoms with Crippen molar-refractivity contribution in [1.82, 2.24) is 0 Å². The van der Waals surface area contributed by atoms with Gasteiger partial charge in [-0.2, -0.15) is 0 Å². The van der Waals surface area contributed by atoms with Crippen LogP contribution in [0.2, 0.25) is 0 Å². The Labute approximate surface area is 158 Å². The molecule has 2 fully saturated rings. The molecule has 26 heavy (non-hydrogen) atoms. The molecule has 0 amide bonds. The second-order valence-electron chi connectivity index (χ2n) is 9.82. The molecular formula is C23H34O3. The Morgan fingerprint density at radius 1 is 1.12 bits per heavy atom. The van der Waals surface area contributed by atoms with Gasteiger partial charge in [0.15, 0.2) is 0 Å². The van der Waals surface area contributed by atoms with Gasteiger partial charge in [-0.05, 0) is 80.3 Å². The molecule has 0 spiro atoms. The van der Waals surface area contributed by atoms with Crippen molar-refractivity contribution < 1.29 is 14.3 Å². The Morgan fingerprint density at radius 2 is 1.85 bits per heavy atom. The van der Waals surface area contributed by atoms with Gasteiger partial charge in [-0.1, -0.05) is 19.9 Å². The largest absolute Gasteiger partial charge is 0.501 e. The van der Waals surface area contributed by atoms with E-state index in [1.807, 2.05) is 0 Å². The Morgan fingerprint density at radius 3 is 2.54 bits per heavy atom. The van der Waals surface area contributed by atoms with Gasteiger partial charge >= 0.3 is 5.97 Å². The number of esters is 1. The standard InChI is InChI=1S/C23H34O3/c1-15(24)26-23(4)13-10-20-18-7-6-16-14-17(25-5)8-11-21(16,2)19(18)9-12-22(20,23)3/h6,14,18-20H,7-13H2,1-5H3/t18-,19+,20+,21+,22+,23+/m1/s1. The minimum absolute atomic E-state index is 0.115. The molecule has 0 radical (unpaired) electrons. The summed E-state index contributed by atoms with van der Waals surface area (Å²) in [7, 11) is 1.79. The molecular weight excluding hydrogens is 324 g/mol. The van der Waals surface area contributed by atoms with Crippen molar-refractivity contribution in [2.24, 2.45) is 28.6 Å². The van der Waals surface area contributed by atoms with Crippen LogP contribution in [-0.2, 0) is 14.3 Å². The van der Waals surface area contributed by atoms with Gasteiger partial charge < -0.3 is 9.47 Å². The summed E-state index contributed by atoms with van der Waals surface area (Å²) in [6, 6.07) is 0. The van der Waals surface area contributed by atoms with E-state index in [-0.39, 0.29) is 22.4 Å². The van der Waals surface area contributed by atoms with E-state index in [2.05, 4.69) is 32.9 Å². The van der Waals surface area contributed by atoms with Crippen LogP contribution in [0.3, 0.4) is 0 Å². The number of ether oxygens (including phenoxy) is 2. The molecule has 4 aliphatic carbocycles. The van der Waals surface area contributed by atoms with Crippen molar-refractivity contribution in [1.29, 1.82) is 0 Å². The lowest BCUT2D eigenvalue weighted by atomic mass is 9.47. The van der Waals surface area contributed by atoms with Gasteiger partial charge in [0, 0.05) is 18.8 Å². The lowest BCUT2D eigenvalue weighted by molar-refractivity contribution is -0.176. The topological polar surface area (TPSA) is 35.5 Å². The Kier molecular flexibility index (Phi) is 4.09. The Hall–Kier alpha value is -1.25. The summed E-state index contributed by atoms with van der Waals surface area (Å²) in [6.07, 6.45) is 12.9. The predicted octanol–water partition coefficient (Wildman–Crippen LogP) is 5.41. The zero-order chi connectivity index (χ0) is 18.7. The number of allylic oxidation sites excluding steroid dienone is 4. The predicted molar refractivity (Wildman–Crippen MR) is 102 cm³/mol. The van der Waals surface area contributed by atoms with Crippen LogP contribution >= 0.6 is 0 Å². The zero-order valence-corrected chi connectivity index (χ0v) is 17.1. The third-order valence-corrected chi connectivity index (χ3v) is 8.89. The first-order valence-corrected chi connectivity index (χ1v) is 10.4. The van der Waals surface area contributed by atoms with E-state index < -0.39 is 0 Å². The average molecular weight is 359 g/mol. The highest BCUT2D eigenvalue weighted by Gasteiger charge is 2.63. The number of carbonyl (C=O) groups excluding carboxylic acids is 1. The first-order chi connectivity index (χ1) is 12.2. The van der Waals surface area contributed by atoms with Crippen LogP contribution in [0.4, 0.5) is 0 Å². The number of methoxy groups -OCH3 is 1. The summed E-state index contributed by atoms with van der Waals surface area (Å²) >= 11 is 0. The van der Waals surface area contributed by atoms with Crippen molar-refractivity contribution >= 4 is 5.97 Å². The minimum atomic E-state index is -0.297. The molecule has 0 unspecified atom stereocenters. The molecule has 0 aromatic rings. The van der Waals surface area contributed by atoms with Gasteiger partial charge in [-0.25, -0.2) is 0 Å². The molecule has 0 aliphatic heterocycles. The highest BCUT2D eigenvalue weighted by atomic mass is 16.6.